The van der Waals surface area contributed by atoms with E-state index in [4.69, 9.17) is 10.9 Å². The van der Waals surface area contributed by atoms with E-state index in [0.717, 1.165) is 29.0 Å². The smallest absolute Gasteiger partial charge is 0.170 e. The minimum atomic E-state index is 0.136. The van der Waals surface area contributed by atoms with Crippen molar-refractivity contribution >= 4 is 17.2 Å². The molecule has 0 aromatic heterocycles. The fraction of sp³-hybridized carbons (Fsp3) is 0.188. The number of anilines is 2. The van der Waals surface area contributed by atoms with Crippen molar-refractivity contribution in [2.75, 3.05) is 11.4 Å². The van der Waals surface area contributed by atoms with Gasteiger partial charge in [-0.15, -0.1) is 0 Å². The van der Waals surface area contributed by atoms with Crippen LogP contribution in [0, 0.1) is 6.92 Å². The molecule has 0 atom stereocenters. The molecule has 4 nitrogen and oxygen atoms in total. The third kappa shape index (κ3) is 2.74. The van der Waals surface area contributed by atoms with Crippen molar-refractivity contribution in [3.05, 3.63) is 59.7 Å². The van der Waals surface area contributed by atoms with Gasteiger partial charge in [0, 0.05) is 23.5 Å². The summed E-state index contributed by atoms with van der Waals surface area (Å²) in [7, 11) is 0. The van der Waals surface area contributed by atoms with Crippen LogP contribution in [0.1, 0.15) is 18.1 Å². The average Bonchev–Trinajstić information content (AvgIpc) is 2.48. The predicted octanol–water partition coefficient (Wildman–Crippen LogP) is 3.25. The number of hydrogen-bond acceptors (Lipinski definition) is 3. The van der Waals surface area contributed by atoms with Gasteiger partial charge in [0.05, 0.1) is 0 Å². The molecule has 0 aliphatic carbocycles. The number of hydrogen-bond donors (Lipinski definition) is 2. The second kappa shape index (κ2) is 6.10. The van der Waals surface area contributed by atoms with E-state index in [1.807, 2.05) is 43.3 Å². The number of nitrogens with zero attached hydrogens (tertiary/aromatic N) is 2. The lowest BCUT2D eigenvalue weighted by Gasteiger charge is -2.24. The molecule has 4 heteroatoms. The lowest BCUT2D eigenvalue weighted by molar-refractivity contribution is 0.318. The van der Waals surface area contributed by atoms with E-state index in [1.165, 1.54) is 0 Å². The molecule has 2 rings (SSSR count). The highest BCUT2D eigenvalue weighted by atomic mass is 16.4. The Morgan fingerprint density at radius 2 is 1.85 bits per heavy atom. The molecule has 20 heavy (non-hydrogen) atoms. The third-order valence-electron chi connectivity index (χ3n) is 3.29. The summed E-state index contributed by atoms with van der Waals surface area (Å²) in [6.07, 6.45) is 0. The van der Waals surface area contributed by atoms with Gasteiger partial charge in [0.1, 0.15) is 0 Å². The molecule has 0 spiro atoms. The molecule has 0 aliphatic rings. The molecular weight excluding hydrogens is 250 g/mol. The van der Waals surface area contributed by atoms with Gasteiger partial charge in [0.15, 0.2) is 5.84 Å². The summed E-state index contributed by atoms with van der Waals surface area (Å²) in [4.78, 5) is 2.21. The van der Waals surface area contributed by atoms with Gasteiger partial charge in [-0.3, -0.25) is 0 Å². The fourth-order valence-electron chi connectivity index (χ4n) is 2.28. The van der Waals surface area contributed by atoms with Crippen LogP contribution in [-0.4, -0.2) is 17.6 Å². The summed E-state index contributed by atoms with van der Waals surface area (Å²) in [5, 5.41) is 11.8. The van der Waals surface area contributed by atoms with Crippen LogP contribution in [0.4, 0.5) is 11.4 Å². The second-order valence-electron chi connectivity index (χ2n) is 4.56. The molecule has 2 aromatic carbocycles. The van der Waals surface area contributed by atoms with E-state index in [0.29, 0.717) is 0 Å². The highest BCUT2D eigenvalue weighted by Crippen LogP contribution is 2.26. The van der Waals surface area contributed by atoms with E-state index in [-0.39, 0.29) is 5.84 Å². The minimum Gasteiger partial charge on any atom is -0.409 e. The first kappa shape index (κ1) is 13.9. The van der Waals surface area contributed by atoms with Gasteiger partial charge in [-0.25, -0.2) is 0 Å². The van der Waals surface area contributed by atoms with E-state index < -0.39 is 0 Å². The SMILES string of the molecule is CCN(c1ccccc1)c1ccc(/C(N)=N/O)c(C)c1. The van der Waals surface area contributed by atoms with Crippen LogP contribution in [0.5, 0.6) is 0 Å². The number of nitrogens with two attached hydrogens (primary N) is 1. The van der Waals surface area contributed by atoms with Gasteiger partial charge < -0.3 is 15.8 Å². The monoisotopic (exact) mass is 269 g/mol. The Morgan fingerprint density at radius 3 is 2.40 bits per heavy atom. The maximum atomic E-state index is 8.77. The van der Waals surface area contributed by atoms with Crippen LogP contribution >= 0.6 is 0 Å². The molecule has 0 unspecified atom stereocenters. The van der Waals surface area contributed by atoms with Gasteiger partial charge >= 0.3 is 0 Å². The number of amidine groups is 1. The Balaban J connectivity index is 2.40. The zero-order chi connectivity index (χ0) is 14.5. The zero-order valence-electron chi connectivity index (χ0n) is 11.7. The first-order valence-electron chi connectivity index (χ1n) is 6.58. The molecule has 0 heterocycles. The van der Waals surface area contributed by atoms with Crippen LogP contribution in [0.3, 0.4) is 0 Å². The summed E-state index contributed by atoms with van der Waals surface area (Å²) in [6.45, 7) is 4.93. The van der Waals surface area contributed by atoms with E-state index in [1.54, 1.807) is 0 Å². The van der Waals surface area contributed by atoms with Crippen molar-refractivity contribution in [3.8, 4) is 0 Å². The number of aryl methyl sites for hydroxylation is 1. The molecule has 104 valence electrons. The first-order valence-corrected chi connectivity index (χ1v) is 6.58. The van der Waals surface area contributed by atoms with Gasteiger partial charge in [-0.2, -0.15) is 0 Å². The Labute approximate surface area is 119 Å². The van der Waals surface area contributed by atoms with Crippen LogP contribution < -0.4 is 10.6 Å². The van der Waals surface area contributed by atoms with E-state index >= 15 is 0 Å². The highest BCUT2D eigenvalue weighted by molar-refractivity contribution is 5.98. The van der Waals surface area contributed by atoms with Crippen molar-refractivity contribution in [2.45, 2.75) is 13.8 Å². The summed E-state index contributed by atoms with van der Waals surface area (Å²) >= 11 is 0. The van der Waals surface area contributed by atoms with Gasteiger partial charge in [-0.1, -0.05) is 23.4 Å². The van der Waals surface area contributed by atoms with E-state index in [9.17, 15) is 0 Å². The number of para-hydroxylation sites is 1. The predicted molar refractivity (Wildman–Crippen MR) is 82.8 cm³/mol. The lowest BCUT2D eigenvalue weighted by Crippen LogP contribution is -2.18. The number of rotatable bonds is 4. The Kier molecular flexibility index (Phi) is 4.25. The van der Waals surface area contributed by atoms with Gasteiger partial charge in [0.2, 0.25) is 0 Å². The average molecular weight is 269 g/mol. The quantitative estimate of drug-likeness (QED) is 0.387. The Hall–Kier alpha value is -2.49. The molecule has 0 saturated heterocycles. The molecule has 2 aromatic rings. The molecule has 0 fully saturated rings. The normalized spacial score (nSPS) is 11.4. The third-order valence-corrected chi connectivity index (χ3v) is 3.29. The maximum Gasteiger partial charge on any atom is 0.170 e. The molecule has 0 bridgehead atoms. The summed E-state index contributed by atoms with van der Waals surface area (Å²) in [5.74, 6) is 0.136. The summed E-state index contributed by atoms with van der Waals surface area (Å²) in [5.41, 5.74) is 9.61. The van der Waals surface area contributed by atoms with Crippen LogP contribution in [0.2, 0.25) is 0 Å². The van der Waals surface area contributed by atoms with Crippen LogP contribution in [0.25, 0.3) is 0 Å². The Bertz CT molecular complexity index is 608. The molecule has 0 radical (unpaired) electrons. The van der Waals surface area contributed by atoms with Crippen molar-refractivity contribution in [1.82, 2.24) is 0 Å². The van der Waals surface area contributed by atoms with Crippen LogP contribution in [0.15, 0.2) is 53.7 Å². The standard InChI is InChI=1S/C16H19N3O/c1-3-19(13-7-5-4-6-8-13)14-9-10-15(12(2)11-14)16(17)18-20/h4-11,20H,3H2,1-2H3,(H2,17,18). The van der Waals surface area contributed by atoms with Crippen molar-refractivity contribution in [1.29, 1.82) is 0 Å². The molecular formula is C16H19N3O. The molecule has 0 saturated carbocycles. The van der Waals surface area contributed by atoms with Gasteiger partial charge in [0.25, 0.3) is 0 Å². The lowest BCUT2D eigenvalue weighted by atomic mass is 10.1. The molecule has 3 N–H and O–H groups in total. The largest absolute Gasteiger partial charge is 0.409 e. The summed E-state index contributed by atoms with van der Waals surface area (Å²) < 4.78 is 0. The van der Waals surface area contributed by atoms with E-state index in [2.05, 4.69) is 29.1 Å². The zero-order valence-corrected chi connectivity index (χ0v) is 11.7. The first-order chi connectivity index (χ1) is 9.67. The number of benzene rings is 2. The van der Waals surface area contributed by atoms with Crippen molar-refractivity contribution < 1.29 is 5.21 Å². The van der Waals surface area contributed by atoms with Crippen molar-refractivity contribution in [3.63, 3.8) is 0 Å². The number of oxime groups is 1. The summed E-state index contributed by atoms with van der Waals surface area (Å²) in [6, 6.07) is 16.1. The highest BCUT2D eigenvalue weighted by Gasteiger charge is 2.10. The van der Waals surface area contributed by atoms with Crippen LogP contribution in [-0.2, 0) is 0 Å². The van der Waals surface area contributed by atoms with Gasteiger partial charge in [-0.05, 0) is 49.7 Å². The van der Waals surface area contributed by atoms with Crippen molar-refractivity contribution in [2.24, 2.45) is 10.9 Å². The minimum absolute atomic E-state index is 0.136. The molecule has 0 amide bonds. The maximum absolute atomic E-state index is 8.77. The fourth-order valence-corrected chi connectivity index (χ4v) is 2.28. The Morgan fingerprint density at radius 1 is 1.15 bits per heavy atom. The molecule has 0 aliphatic heterocycles. The second-order valence-corrected chi connectivity index (χ2v) is 4.56. The topological polar surface area (TPSA) is 61.8 Å².